The molecule has 0 bridgehead atoms. The number of hydrogen-bond acceptors (Lipinski definition) is 3. The van der Waals surface area contributed by atoms with Crippen LogP contribution in [0.5, 0.6) is 5.75 Å². The number of rotatable bonds is 7. The number of aryl methyl sites for hydroxylation is 1. The third-order valence-electron chi connectivity index (χ3n) is 3.21. The fourth-order valence-electron chi connectivity index (χ4n) is 1.86. The smallest absolute Gasteiger partial charge is 0.124 e. The molecule has 0 atom stereocenters. The van der Waals surface area contributed by atoms with Crippen molar-refractivity contribution in [2.45, 2.75) is 25.4 Å². The Kier molecular flexibility index (Phi) is 4.65. The molecule has 2 rings (SSSR count). The average molecular weight is 314 g/mol. The Morgan fingerprint density at radius 3 is 2.83 bits per heavy atom. The van der Waals surface area contributed by atoms with Crippen molar-refractivity contribution in [3.05, 3.63) is 28.2 Å². The van der Waals surface area contributed by atoms with Crippen LogP contribution in [0.25, 0.3) is 0 Å². The number of ether oxygens (including phenoxy) is 2. The first-order valence-corrected chi connectivity index (χ1v) is 7.09. The second-order valence-corrected chi connectivity index (χ2v) is 5.78. The van der Waals surface area contributed by atoms with Gasteiger partial charge in [0.1, 0.15) is 11.4 Å². The SMILES string of the molecule is COCCNCC1(Oc2cc(Br)ccc2C)CC1. The van der Waals surface area contributed by atoms with Gasteiger partial charge in [0.05, 0.1) is 6.61 Å². The molecule has 0 unspecified atom stereocenters. The minimum Gasteiger partial charge on any atom is -0.486 e. The molecule has 0 spiro atoms. The Bertz CT molecular complexity index is 405. The van der Waals surface area contributed by atoms with Crippen LogP contribution in [0.15, 0.2) is 22.7 Å². The maximum Gasteiger partial charge on any atom is 0.124 e. The molecule has 1 saturated carbocycles. The van der Waals surface area contributed by atoms with E-state index in [2.05, 4.69) is 34.2 Å². The predicted molar refractivity (Wildman–Crippen MR) is 76.2 cm³/mol. The lowest BCUT2D eigenvalue weighted by atomic mass is 10.2. The van der Waals surface area contributed by atoms with E-state index in [1.807, 2.05) is 12.1 Å². The van der Waals surface area contributed by atoms with E-state index in [0.717, 1.165) is 42.8 Å². The molecule has 1 aromatic carbocycles. The van der Waals surface area contributed by atoms with Crippen molar-refractivity contribution in [2.24, 2.45) is 0 Å². The van der Waals surface area contributed by atoms with E-state index < -0.39 is 0 Å². The van der Waals surface area contributed by atoms with Crippen molar-refractivity contribution in [1.29, 1.82) is 0 Å². The van der Waals surface area contributed by atoms with Gasteiger partial charge in [-0.1, -0.05) is 22.0 Å². The first-order chi connectivity index (χ1) is 8.65. The molecule has 100 valence electrons. The molecule has 1 N–H and O–H groups in total. The Morgan fingerprint density at radius 1 is 1.39 bits per heavy atom. The van der Waals surface area contributed by atoms with Gasteiger partial charge < -0.3 is 14.8 Å². The van der Waals surface area contributed by atoms with E-state index in [0.29, 0.717) is 0 Å². The summed E-state index contributed by atoms with van der Waals surface area (Å²) in [4.78, 5) is 0. The van der Waals surface area contributed by atoms with Gasteiger partial charge in [0.25, 0.3) is 0 Å². The molecule has 4 heteroatoms. The van der Waals surface area contributed by atoms with Crippen molar-refractivity contribution in [3.8, 4) is 5.75 Å². The number of hydrogen-bond donors (Lipinski definition) is 1. The highest BCUT2D eigenvalue weighted by Crippen LogP contribution is 2.41. The molecule has 0 aromatic heterocycles. The van der Waals surface area contributed by atoms with E-state index >= 15 is 0 Å². The van der Waals surface area contributed by atoms with Gasteiger partial charge in [0, 0.05) is 24.7 Å². The summed E-state index contributed by atoms with van der Waals surface area (Å²) in [6.07, 6.45) is 2.25. The maximum atomic E-state index is 6.17. The standard InChI is InChI=1S/C14H20BrNO2/c1-11-3-4-12(15)9-13(11)18-14(5-6-14)10-16-7-8-17-2/h3-4,9,16H,5-8,10H2,1-2H3. The summed E-state index contributed by atoms with van der Waals surface area (Å²) in [5.74, 6) is 0.982. The van der Waals surface area contributed by atoms with Crippen LogP contribution in [0.3, 0.4) is 0 Å². The van der Waals surface area contributed by atoms with Gasteiger partial charge in [0.2, 0.25) is 0 Å². The van der Waals surface area contributed by atoms with Crippen molar-refractivity contribution in [1.82, 2.24) is 5.32 Å². The van der Waals surface area contributed by atoms with Crippen LogP contribution in [-0.4, -0.2) is 32.4 Å². The molecule has 0 heterocycles. The molecule has 1 aliphatic rings. The summed E-state index contributed by atoms with van der Waals surface area (Å²) >= 11 is 3.49. The lowest BCUT2D eigenvalue weighted by Gasteiger charge is -2.20. The molecule has 0 saturated heterocycles. The van der Waals surface area contributed by atoms with Gasteiger partial charge in [-0.2, -0.15) is 0 Å². The highest BCUT2D eigenvalue weighted by Gasteiger charge is 2.45. The molecule has 1 fully saturated rings. The van der Waals surface area contributed by atoms with Crippen molar-refractivity contribution < 1.29 is 9.47 Å². The van der Waals surface area contributed by atoms with E-state index in [4.69, 9.17) is 9.47 Å². The van der Waals surface area contributed by atoms with Crippen LogP contribution in [0.1, 0.15) is 18.4 Å². The Balaban J connectivity index is 1.90. The van der Waals surface area contributed by atoms with Crippen molar-refractivity contribution in [2.75, 3.05) is 26.8 Å². The lowest BCUT2D eigenvalue weighted by Crippen LogP contribution is -2.35. The van der Waals surface area contributed by atoms with Crippen LogP contribution in [0, 0.1) is 6.92 Å². The zero-order chi connectivity index (χ0) is 13.0. The van der Waals surface area contributed by atoms with Gasteiger partial charge >= 0.3 is 0 Å². The van der Waals surface area contributed by atoms with Crippen LogP contribution in [0.4, 0.5) is 0 Å². The van der Waals surface area contributed by atoms with E-state index in [1.165, 1.54) is 5.56 Å². The summed E-state index contributed by atoms with van der Waals surface area (Å²) in [5.41, 5.74) is 1.18. The van der Waals surface area contributed by atoms with Gasteiger partial charge in [0.15, 0.2) is 0 Å². The summed E-state index contributed by atoms with van der Waals surface area (Å²) in [7, 11) is 1.72. The summed E-state index contributed by atoms with van der Waals surface area (Å²) in [5, 5.41) is 3.38. The number of halogens is 1. The molecule has 0 aliphatic heterocycles. The first-order valence-electron chi connectivity index (χ1n) is 6.30. The number of benzene rings is 1. The van der Waals surface area contributed by atoms with Crippen molar-refractivity contribution >= 4 is 15.9 Å². The van der Waals surface area contributed by atoms with Crippen LogP contribution >= 0.6 is 15.9 Å². The summed E-state index contributed by atoms with van der Waals surface area (Å²) < 4.78 is 12.3. The molecule has 0 radical (unpaired) electrons. The monoisotopic (exact) mass is 313 g/mol. The topological polar surface area (TPSA) is 30.5 Å². The normalized spacial score (nSPS) is 16.6. The molecule has 1 aliphatic carbocycles. The average Bonchev–Trinajstić information content (AvgIpc) is 3.10. The third-order valence-corrected chi connectivity index (χ3v) is 3.71. The molecule has 18 heavy (non-hydrogen) atoms. The second kappa shape index (κ2) is 6.04. The van der Waals surface area contributed by atoms with Crippen LogP contribution < -0.4 is 10.1 Å². The summed E-state index contributed by atoms with van der Waals surface area (Å²) in [6, 6.07) is 6.16. The van der Waals surface area contributed by atoms with Crippen molar-refractivity contribution in [3.63, 3.8) is 0 Å². The molecule has 1 aromatic rings. The molecular weight excluding hydrogens is 294 g/mol. The summed E-state index contributed by atoms with van der Waals surface area (Å²) in [6.45, 7) is 4.59. The molecular formula is C14H20BrNO2. The minimum atomic E-state index is -0.000700. The van der Waals surface area contributed by atoms with Gasteiger partial charge in [-0.25, -0.2) is 0 Å². The second-order valence-electron chi connectivity index (χ2n) is 4.86. The number of methoxy groups -OCH3 is 1. The highest BCUT2D eigenvalue weighted by atomic mass is 79.9. The van der Waals surface area contributed by atoms with Gasteiger partial charge in [-0.3, -0.25) is 0 Å². The van der Waals surface area contributed by atoms with Gasteiger partial charge in [-0.15, -0.1) is 0 Å². The van der Waals surface area contributed by atoms with E-state index in [-0.39, 0.29) is 5.60 Å². The highest BCUT2D eigenvalue weighted by molar-refractivity contribution is 9.10. The Morgan fingerprint density at radius 2 is 2.17 bits per heavy atom. The Labute approximate surface area is 117 Å². The largest absolute Gasteiger partial charge is 0.486 e. The third kappa shape index (κ3) is 3.70. The quantitative estimate of drug-likeness (QED) is 0.785. The minimum absolute atomic E-state index is 0.000700. The van der Waals surface area contributed by atoms with E-state index in [9.17, 15) is 0 Å². The zero-order valence-corrected chi connectivity index (χ0v) is 12.5. The van der Waals surface area contributed by atoms with Crippen LogP contribution in [-0.2, 0) is 4.74 Å². The molecule has 0 amide bonds. The Hall–Kier alpha value is -0.580. The van der Waals surface area contributed by atoms with Crippen LogP contribution in [0.2, 0.25) is 0 Å². The lowest BCUT2D eigenvalue weighted by molar-refractivity contribution is 0.161. The van der Waals surface area contributed by atoms with E-state index in [1.54, 1.807) is 7.11 Å². The number of nitrogens with one attached hydrogen (secondary N) is 1. The van der Waals surface area contributed by atoms with Gasteiger partial charge in [-0.05, 0) is 37.5 Å². The zero-order valence-electron chi connectivity index (χ0n) is 11.0. The fourth-order valence-corrected chi connectivity index (χ4v) is 2.20. The fraction of sp³-hybridized carbons (Fsp3) is 0.571. The predicted octanol–water partition coefficient (Wildman–Crippen LogP) is 2.90. The molecule has 3 nitrogen and oxygen atoms in total. The first kappa shape index (κ1) is 13.8. The maximum absolute atomic E-state index is 6.17.